The lowest BCUT2D eigenvalue weighted by Gasteiger charge is -2.44. The van der Waals surface area contributed by atoms with E-state index in [1.54, 1.807) is 6.07 Å². The van der Waals surface area contributed by atoms with E-state index in [4.69, 9.17) is 0 Å². The molecule has 1 N–H and O–H groups in total. The summed E-state index contributed by atoms with van der Waals surface area (Å²) in [6.45, 7) is 9.52. The summed E-state index contributed by atoms with van der Waals surface area (Å²) in [5.74, 6) is 0.576. The van der Waals surface area contributed by atoms with E-state index in [1.165, 1.54) is 13.0 Å². The van der Waals surface area contributed by atoms with E-state index in [0.717, 1.165) is 54.2 Å². The molecule has 1 aliphatic heterocycles. The molecule has 0 radical (unpaired) electrons. The minimum atomic E-state index is -4.39. The number of nitrogens with one attached hydrogen (secondary N) is 1. The molecule has 1 unspecified atom stereocenters. The van der Waals surface area contributed by atoms with Crippen LogP contribution in [0.25, 0.3) is 10.8 Å². The summed E-state index contributed by atoms with van der Waals surface area (Å²) in [7, 11) is 4.27. The first kappa shape index (κ1) is 28.0. The molecule has 0 saturated carbocycles. The molecule has 5 nitrogen and oxygen atoms in total. The molecular formula is C27H35ClF3N5. The van der Waals surface area contributed by atoms with E-state index in [0.29, 0.717) is 11.4 Å². The number of nitrogens with zero attached hydrogens (tertiary/aromatic N) is 4. The number of fused-ring (bicyclic) bond motifs is 1. The third-order valence-corrected chi connectivity index (χ3v) is 7.73. The summed E-state index contributed by atoms with van der Waals surface area (Å²) in [5.41, 5.74) is 2.34. The molecule has 0 bridgehead atoms. The van der Waals surface area contributed by atoms with Gasteiger partial charge in [-0.25, -0.2) is 0 Å². The van der Waals surface area contributed by atoms with Crippen LogP contribution in [0.5, 0.6) is 0 Å². The summed E-state index contributed by atoms with van der Waals surface area (Å²) in [6.07, 6.45) is -2.24. The van der Waals surface area contributed by atoms with E-state index in [1.807, 2.05) is 13.8 Å². The number of aromatic nitrogens is 2. The molecule has 9 heteroatoms. The first-order valence-corrected chi connectivity index (χ1v) is 12.0. The summed E-state index contributed by atoms with van der Waals surface area (Å²) in [5, 5.41) is 13.9. The normalized spacial score (nSPS) is 16.7. The Kier molecular flexibility index (Phi) is 8.10. The second kappa shape index (κ2) is 10.4. The topological polar surface area (TPSA) is 44.3 Å². The van der Waals surface area contributed by atoms with Crippen LogP contribution in [-0.2, 0) is 6.18 Å². The van der Waals surface area contributed by atoms with Gasteiger partial charge < -0.3 is 15.1 Å². The SMILES string of the molecule is Cc1c(C(C)Nc2nnc(C)c3ccc(N4CCC(C)(N(C)C)CC4)cc23)cccc1C(F)(F)F.Cl. The van der Waals surface area contributed by atoms with Gasteiger partial charge in [-0.3, -0.25) is 0 Å². The van der Waals surface area contributed by atoms with Crippen LogP contribution >= 0.6 is 12.4 Å². The maximum Gasteiger partial charge on any atom is 0.416 e. The van der Waals surface area contributed by atoms with E-state index in [-0.39, 0.29) is 29.6 Å². The highest BCUT2D eigenvalue weighted by Crippen LogP contribution is 2.37. The van der Waals surface area contributed by atoms with E-state index in [2.05, 4.69) is 64.5 Å². The fourth-order valence-corrected chi connectivity index (χ4v) is 4.99. The Balaban J connectivity index is 0.00000361. The number of alkyl halides is 3. The molecule has 0 aliphatic carbocycles. The summed E-state index contributed by atoms with van der Waals surface area (Å²) in [6, 6.07) is 10.3. The third-order valence-electron chi connectivity index (χ3n) is 7.73. The fraction of sp³-hybridized carbons (Fsp3) is 0.481. The molecule has 1 fully saturated rings. The van der Waals surface area contributed by atoms with Crippen molar-refractivity contribution in [1.29, 1.82) is 0 Å². The summed E-state index contributed by atoms with van der Waals surface area (Å²) < 4.78 is 40.3. The molecule has 36 heavy (non-hydrogen) atoms. The highest BCUT2D eigenvalue weighted by atomic mass is 35.5. The van der Waals surface area contributed by atoms with E-state index < -0.39 is 11.7 Å². The number of rotatable bonds is 5. The van der Waals surface area contributed by atoms with Gasteiger partial charge in [0.05, 0.1) is 17.3 Å². The van der Waals surface area contributed by atoms with Crippen LogP contribution in [0.4, 0.5) is 24.7 Å². The fourth-order valence-electron chi connectivity index (χ4n) is 4.99. The van der Waals surface area contributed by atoms with Crippen LogP contribution < -0.4 is 10.2 Å². The molecule has 0 spiro atoms. The van der Waals surface area contributed by atoms with Crippen molar-refractivity contribution in [2.45, 2.75) is 58.3 Å². The van der Waals surface area contributed by atoms with Crippen LogP contribution in [0.15, 0.2) is 36.4 Å². The monoisotopic (exact) mass is 521 g/mol. The van der Waals surface area contributed by atoms with Gasteiger partial charge in [0.2, 0.25) is 0 Å². The maximum atomic E-state index is 13.4. The smallest absolute Gasteiger partial charge is 0.371 e. The second-order valence-electron chi connectivity index (χ2n) is 10.1. The van der Waals surface area contributed by atoms with Crippen molar-refractivity contribution in [2.24, 2.45) is 0 Å². The van der Waals surface area contributed by atoms with Crippen molar-refractivity contribution in [3.05, 3.63) is 58.8 Å². The lowest BCUT2D eigenvalue weighted by molar-refractivity contribution is -0.138. The average Bonchev–Trinajstić information content (AvgIpc) is 2.80. The van der Waals surface area contributed by atoms with Crippen molar-refractivity contribution >= 4 is 34.7 Å². The van der Waals surface area contributed by atoms with Gasteiger partial charge in [0.25, 0.3) is 0 Å². The molecule has 1 atom stereocenters. The average molecular weight is 522 g/mol. The Hall–Kier alpha value is -2.58. The van der Waals surface area contributed by atoms with Gasteiger partial charge >= 0.3 is 6.18 Å². The Bertz CT molecular complexity index is 1220. The van der Waals surface area contributed by atoms with Crippen molar-refractivity contribution in [3.8, 4) is 0 Å². The molecular weight excluding hydrogens is 487 g/mol. The number of piperidine rings is 1. The zero-order valence-corrected chi connectivity index (χ0v) is 22.5. The molecule has 4 rings (SSSR count). The van der Waals surface area contributed by atoms with Gasteiger partial charge in [0, 0.05) is 35.1 Å². The van der Waals surface area contributed by atoms with Gasteiger partial charge in [-0.2, -0.15) is 18.3 Å². The quantitative estimate of drug-likeness (QED) is 0.401. The molecule has 1 saturated heterocycles. The van der Waals surface area contributed by atoms with Gasteiger partial charge in [-0.15, -0.1) is 17.5 Å². The maximum absolute atomic E-state index is 13.4. The molecule has 1 aliphatic rings. The first-order chi connectivity index (χ1) is 16.4. The van der Waals surface area contributed by atoms with E-state index >= 15 is 0 Å². The molecule has 3 aromatic rings. The van der Waals surface area contributed by atoms with Gasteiger partial charge in [0.1, 0.15) is 0 Å². The van der Waals surface area contributed by atoms with Crippen LogP contribution in [0, 0.1) is 13.8 Å². The van der Waals surface area contributed by atoms with Crippen LogP contribution in [0.2, 0.25) is 0 Å². The Morgan fingerprint density at radius 3 is 2.31 bits per heavy atom. The Morgan fingerprint density at radius 1 is 1.03 bits per heavy atom. The number of hydrogen-bond acceptors (Lipinski definition) is 5. The Morgan fingerprint density at radius 2 is 1.69 bits per heavy atom. The van der Waals surface area contributed by atoms with Crippen molar-refractivity contribution in [2.75, 3.05) is 37.4 Å². The number of aryl methyl sites for hydroxylation is 1. The summed E-state index contributed by atoms with van der Waals surface area (Å²) >= 11 is 0. The van der Waals surface area contributed by atoms with Crippen LogP contribution in [-0.4, -0.2) is 47.8 Å². The number of benzene rings is 2. The number of anilines is 2. The van der Waals surface area contributed by atoms with Gasteiger partial charge in [-0.05, 0) is 84.0 Å². The lowest BCUT2D eigenvalue weighted by atomic mass is 9.88. The first-order valence-electron chi connectivity index (χ1n) is 12.0. The molecule has 2 aromatic carbocycles. The minimum absolute atomic E-state index is 0. The van der Waals surface area contributed by atoms with Gasteiger partial charge in [0.15, 0.2) is 5.82 Å². The summed E-state index contributed by atoms with van der Waals surface area (Å²) in [4.78, 5) is 4.70. The highest BCUT2D eigenvalue weighted by Gasteiger charge is 2.34. The standard InChI is InChI=1S/C27H34F3N5.ClH/c1-17-21(8-7-9-24(17)27(28,29)30)18(2)31-25-23-16-20(10-11-22(23)19(3)32-33-25)35-14-12-26(4,13-15-35)34(5)6;/h7-11,16,18H,12-15H2,1-6H3,(H,31,33);1H. The van der Waals surface area contributed by atoms with E-state index in [9.17, 15) is 13.2 Å². The predicted molar refractivity (Wildman–Crippen MR) is 143 cm³/mol. The van der Waals surface area contributed by atoms with Crippen molar-refractivity contribution in [1.82, 2.24) is 15.1 Å². The van der Waals surface area contributed by atoms with Crippen molar-refractivity contribution < 1.29 is 13.2 Å². The second-order valence-corrected chi connectivity index (χ2v) is 10.1. The molecule has 1 aromatic heterocycles. The number of halogens is 4. The highest BCUT2D eigenvalue weighted by molar-refractivity contribution is 5.95. The van der Waals surface area contributed by atoms with Crippen LogP contribution in [0.1, 0.15) is 55.1 Å². The zero-order valence-electron chi connectivity index (χ0n) is 21.7. The zero-order chi connectivity index (χ0) is 25.5. The largest absolute Gasteiger partial charge is 0.416 e. The lowest BCUT2D eigenvalue weighted by Crippen LogP contribution is -2.50. The predicted octanol–water partition coefficient (Wildman–Crippen LogP) is 6.78. The van der Waals surface area contributed by atoms with Crippen LogP contribution in [0.3, 0.4) is 0 Å². The molecule has 0 amide bonds. The number of hydrogen-bond donors (Lipinski definition) is 1. The Labute approximate surface area is 217 Å². The minimum Gasteiger partial charge on any atom is -0.371 e. The molecule has 196 valence electrons. The van der Waals surface area contributed by atoms with Crippen molar-refractivity contribution in [3.63, 3.8) is 0 Å². The third kappa shape index (κ3) is 5.39. The van der Waals surface area contributed by atoms with Gasteiger partial charge in [-0.1, -0.05) is 18.2 Å². The molecule has 2 heterocycles.